The number of carboxylic acids is 1. The first kappa shape index (κ1) is 26.7. The van der Waals surface area contributed by atoms with Gasteiger partial charge in [-0.1, -0.05) is 49.7 Å². The van der Waals surface area contributed by atoms with Crippen LogP contribution in [0.3, 0.4) is 0 Å². The molecule has 0 radical (unpaired) electrons. The number of aliphatic carboxylic acids is 1. The molecule has 0 unspecified atom stereocenters. The van der Waals surface area contributed by atoms with Crippen LogP contribution in [0.1, 0.15) is 36.2 Å². The summed E-state index contributed by atoms with van der Waals surface area (Å²) in [5, 5.41) is 10.9. The number of rotatable bonds is 10. The molecule has 3 aromatic rings. The monoisotopic (exact) mass is 534 g/mol. The number of sulfonamides is 1. The predicted octanol–water partition coefficient (Wildman–Crippen LogP) is 5.94. The number of hydrogen-bond acceptors (Lipinski definition) is 6. The summed E-state index contributed by atoms with van der Waals surface area (Å²) in [7, 11) is -3.92. The molecule has 1 N–H and O–H groups in total. The van der Waals surface area contributed by atoms with Crippen molar-refractivity contribution >= 4 is 50.7 Å². The van der Waals surface area contributed by atoms with E-state index in [1.807, 2.05) is 32.9 Å². The summed E-state index contributed by atoms with van der Waals surface area (Å²) >= 11 is 7.47. The summed E-state index contributed by atoms with van der Waals surface area (Å²) in [5.41, 5.74) is 3.33. The van der Waals surface area contributed by atoms with Crippen molar-refractivity contribution in [1.29, 1.82) is 0 Å². The number of aromatic nitrogens is 1. The zero-order chi connectivity index (χ0) is 25.8. The Bertz CT molecular complexity index is 1330. The number of carboxylic acid groups (broad SMARTS) is 1. The van der Waals surface area contributed by atoms with E-state index in [9.17, 15) is 13.2 Å². The first-order chi connectivity index (χ1) is 16.5. The first-order valence-electron chi connectivity index (χ1n) is 10.8. The topological polar surface area (TPSA) is 96.8 Å². The molecule has 0 saturated heterocycles. The fourth-order valence-corrected chi connectivity index (χ4v) is 6.13. The van der Waals surface area contributed by atoms with E-state index in [1.165, 1.54) is 10.4 Å². The summed E-state index contributed by atoms with van der Waals surface area (Å²) in [5.74, 6) is -0.635. The van der Waals surface area contributed by atoms with Crippen LogP contribution < -0.4 is 9.04 Å². The molecule has 1 heterocycles. The maximum absolute atomic E-state index is 13.6. The van der Waals surface area contributed by atoms with Gasteiger partial charge in [-0.3, -0.25) is 4.31 Å². The maximum Gasteiger partial charge on any atom is 0.328 e. The molecular formula is C25H27ClN2O5S2. The van der Waals surface area contributed by atoms with Crippen molar-refractivity contribution in [2.45, 2.75) is 38.6 Å². The number of carbonyl (C=O) groups is 1. The van der Waals surface area contributed by atoms with E-state index in [0.717, 1.165) is 34.1 Å². The van der Waals surface area contributed by atoms with Crippen LogP contribution in [0, 0.1) is 19.8 Å². The molecule has 35 heavy (non-hydrogen) atoms. The number of hydrogen-bond donors (Lipinski definition) is 1. The number of nitrogens with zero attached hydrogens (tertiary/aromatic N) is 2. The largest absolute Gasteiger partial charge is 0.487 e. The van der Waals surface area contributed by atoms with Gasteiger partial charge >= 0.3 is 5.97 Å². The SMILES string of the molecule is Cc1csc(S(=O)(=O)N(CC(C)C)c2cc(C)c(Cl)cc2OCc2ccc(/C=C/C(=O)O)cc2)n1. The van der Waals surface area contributed by atoms with Gasteiger partial charge in [0.05, 0.1) is 5.69 Å². The van der Waals surface area contributed by atoms with Gasteiger partial charge in [0.1, 0.15) is 12.4 Å². The normalized spacial score (nSPS) is 11.8. The lowest BCUT2D eigenvalue weighted by molar-refractivity contribution is -0.131. The van der Waals surface area contributed by atoms with Crippen LogP contribution in [-0.4, -0.2) is 31.0 Å². The average molecular weight is 535 g/mol. The molecule has 2 aromatic carbocycles. The minimum absolute atomic E-state index is 0.0270. The van der Waals surface area contributed by atoms with E-state index in [1.54, 1.807) is 36.6 Å². The van der Waals surface area contributed by atoms with Crippen molar-refractivity contribution in [3.63, 3.8) is 0 Å². The van der Waals surface area contributed by atoms with Crippen molar-refractivity contribution in [3.05, 3.63) is 75.3 Å². The smallest absolute Gasteiger partial charge is 0.328 e. The molecule has 3 rings (SSSR count). The highest BCUT2D eigenvalue weighted by atomic mass is 35.5. The van der Waals surface area contributed by atoms with Crippen LogP contribution in [0.4, 0.5) is 5.69 Å². The van der Waals surface area contributed by atoms with E-state index in [-0.39, 0.29) is 23.4 Å². The summed E-state index contributed by atoms with van der Waals surface area (Å²) < 4.78 is 34.6. The van der Waals surface area contributed by atoms with Crippen LogP contribution >= 0.6 is 22.9 Å². The average Bonchev–Trinajstić information content (AvgIpc) is 3.24. The standard InChI is InChI=1S/C25H27ClN2O5S2/c1-16(2)13-28(35(31,32)25-27-18(4)15-34-25)22-11-17(3)21(26)12-23(22)33-14-20-7-5-19(6-8-20)9-10-24(29)30/h5-12,15-16H,13-14H2,1-4H3,(H,29,30)/b10-9+. The number of halogens is 1. The Hall–Kier alpha value is -2.88. The molecule has 0 bridgehead atoms. The van der Waals surface area contributed by atoms with Crippen molar-refractivity contribution in [2.75, 3.05) is 10.8 Å². The Morgan fingerprint density at radius 1 is 1.23 bits per heavy atom. The van der Waals surface area contributed by atoms with Crippen LogP contribution in [0.15, 0.2) is 52.2 Å². The lowest BCUT2D eigenvalue weighted by Gasteiger charge is -2.27. The van der Waals surface area contributed by atoms with Crippen molar-refractivity contribution in [2.24, 2.45) is 5.92 Å². The van der Waals surface area contributed by atoms with E-state index in [2.05, 4.69) is 4.98 Å². The molecule has 7 nitrogen and oxygen atoms in total. The van der Waals surface area contributed by atoms with Crippen molar-refractivity contribution < 1.29 is 23.1 Å². The molecule has 10 heteroatoms. The molecular weight excluding hydrogens is 508 g/mol. The van der Waals surface area contributed by atoms with Gasteiger partial charge in [-0.2, -0.15) is 8.42 Å². The minimum Gasteiger partial charge on any atom is -0.487 e. The lowest BCUT2D eigenvalue weighted by atomic mass is 10.1. The minimum atomic E-state index is -3.92. The summed E-state index contributed by atoms with van der Waals surface area (Å²) in [6.45, 7) is 7.86. The highest BCUT2D eigenvalue weighted by Crippen LogP contribution is 2.38. The number of aryl methyl sites for hydroxylation is 2. The Morgan fingerprint density at radius 2 is 1.91 bits per heavy atom. The second kappa shape index (κ2) is 11.2. The van der Waals surface area contributed by atoms with Gasteiger partial charge in [-0.05, 0) is 48.6 Å². The molecule has 0 aliphatic carbocycles. The third-order valence-electron chi connectivity index (χ3n) is 4.94. The van der Waals surface area contributed by atoms with Crippen LogP contribution in [0.2, 0.25) is 5.02 Å². The molecule has 0 spiro atoms. The highest BCUT2D eigenvalue weighted by molar-refractivity contribution is 7.94. The van der Waals surface area contributed by atoms with E-state index in [4.69, 9.17) is 21.4 Å². The predicted molar refractivity (Wildman–Crippen MR) is 140 cm³/mol. The van der Waals surface area contributed by atoms with Gasteiger partial charge < -0.3 is 9.84 Å². The molecule has 0 aliphatic heterocycles. The number of benzene rings is 2. The Labute approximate surface area is 214 Å². The van der Waals surface area contributed by atoms with Gasteiger partial charge in [-0.25, -0.2) is 9.78 Å². The first-order valence-corrected chi connectivity index (χ1v) is 13.5. The third kappa shape index (κ3) is 6.84. The van der Waals surface area contributed by atoms with E-state index in [0.29, 0.717) is 22.2 Å². The molecule has 0 saturated carbocycles. The van der Waals surface area contributed by atoms with Gasteiger partial charge in [0.2, 0.25) is 4.34 Å². The quantitative estimate of drug-likeness (QED) is 0.323. The van der Waals surface area contributed by atoms with Crippen LogP contribution in [-0.2, 0) is 21.4 Å². The Morgan fingerprint density at radius 3 is 2.49 bits per heavy atom. The molecule has 0 amide bonds. The zero-order valence-electron chi connectivity index (χ0n) is 19.9. The van der Waals surface area contributed by atoms with E-state index < -0.39 is 16.0 Å². The lowest BCUT2D eigenvalue weighted by Crippen LogP contribution is -2.34. The molecule has 0 aliphatic rings. The molecule has 0 fully saturated rings. The molecule has 0 atom stereocenters. The Kier molecular flexibility index (Phi) is 8.58. The fraction of sp³-hybridized carbons (Fsp3) is 0.280. The molecule has 186 valence electrons. The highest BCUT2D eigenvalue weighted by Gasteiger charge is 2.31. The second-order valence-corrected chi connectivity index (χ2v) is 11.8. The summed E-state index contributed by atoms with van der Waals surface area (Å²) in [4.78, 5) is 14.9. The van der Waals surface area contributed by atoms with Crippen molar-refractivity contribution in [3.8, 4) is 5.75 Å². The van der Waals surface area contributed by atoms with Gasteiger partial charge in [0.25, 0.3) is 10.0 Å². The van der Waals surface area contributed by atoms with Gasteiger partial charge in [-0.15, -0.1) is 11.3 Å². The van der Waals surface area contributed by atoms with E-state index >= 15 is 0 Å². The summed E-state index contributed by atoms with van der Waals surface area (Å²) in [6.07, 6.45) is 2.57. The molecule has 1 aromatic heterocycles. The maximum atomic E-state index is 13.6. The second-order valence-electron chi connectivity index (χ2n) is 8.46. The van der Waals surface area contributed by atoms with Crippen LogP contribution in [0.5, 0.6) is 5.75 Å². The zero-order valence-corrected chi connectivity index (χ0v) is 22.2. The fourth-order valence-electron chi connectivity index (χ4n) is 3.21. The van der Waals surface area contributed by atoms with Crippen LogP contribution in [0.25, 0.3) is 6.08 Å². The summed E-state index contributed by atoms with van der Waals surface area (Å²) in [6, 6.07) is 10.5. The van der Waals surface area contributed by atoms with Gasteiger partial charge in [0.15, 0.2) is 0 Å². The van der Waals surface area contributed by atoms with Gasteiger partial charge in [0, 0.05) is 34.8 Å². The number of ether oxygens (including phenoxy) is 1. The number of anilines is 1. The van der Waals surface area contributed by atoms with Crippen molar-refractivity contribution in [1.82, 2.24) is 4.98 Å². The Balaban J connectivity index is 1.96. The number of thiazole rings is 1. The third-order valence-corrected chi connectivity index (χ3v) is 8.48.